The van der Waals surface area contributed by atoms with Crippen LogP contribution in [0.25, 0.3) is 22.4 Å². The first-order valence-corrected chi connectivity index (χ1v) is 10.0. The normalized spacial score (nSPS) is 11.0. The van der Waals surface area contributed by atoms with Crippen LogP contribution in [0.3, 0.4) is 0 Å². The fourth-order valence-electron chi connectivity index (χ4n) is 3.38. The van der Waals surface area contributed by atoms with Crippen LogP contribution in [0.4, 0.5) is 0 Å². The third kappa shape index (κ3) is 3.58. The van der Waals surface area contributed by atoms with Crippen molar-refractivity contribution in [3.8, 4) is 23.1 Å². The Morgan fingerprint density at radius 2 is 1.68 bits per heavy atom. The predicted octanol–water partition coefficient (Wildman–Crippen LogP) is 5.33. The zero-order valence-corrected chi connectivity index (χ0v) is 17.3. The van der Waals surface area contributed by atoms with Crippen molar-refractivity contribution in [2.24, 2.45) is 0 Å². The standard InChI is InChI=1S/C24H17ClN4O2/c1-16-6-5-9-20(14-16)31-24-27-22-21(15-26-29(22)19-7-3-2-4-8-19)23(30)28(24)18-12-10-17(25)11-13-18/h2-15H,1H3. The van der Waals surface area contributed by atoms with Gasteiger partial charge in [0.25, 0.3) is 5.56 Å². The van der Waals surface area contributed by atoms with Gasteiger partial charge >= 0.3 is 6.01 Å². The largest absolute Gasteiger partial charge is 0.425 e. The van der Waals surface area contributed by atoms with E-state index in [9.17, 15) is 4.79 Å². The van der Waals surface area contributed by atoms with Gasteiger partial charge in [0, 0.05) is 5.02 Å². The Labute approximate surface area is 182 Å². The average Bonchev–Trinajstić information content (AvgIpc) is 3.20. The third-order valence-electron chi connectivity index (χ3n) is 4.85. The van der Waals surface area contributed by atoms with Crippen molar-refractivity contribution in [1.29, 1.82) is 0 Å². The van der Waals surface area contributed by atoms with Gasteiger partial charge in [0.05, 0.1) is 17.6 Å². The van der Waals surface area contributed by atoms with Gasteiger partial charge in [-0.1, -0.05) is 41.9 Å². The number of rotatable bonds is 4. The highest BCUT2D eigenvalue weighted by Gasteiger charge is 2.19. The smallest absolute Gasteiger partial charge is 0.311 e. The lowest BCUT2D eigenvalue weighted by atomic mass is 10.2. The molecule has 0 spiro atoms. The highest BCUT2D eigenvalue weighted by Crippen LogP contribution is 2.25. The quantitative estimate of drug-likeness (QED) is 0.388. The molecule has 5 rings (SSSR count). The maximum absolute atomic E-state index is 13.5. The van der Waals surface area contributed by atoms with Crippen molar-refractivity contribution in [3.05, 3.63) is 106 Å². The van der Waals surface area contributed by atoms with E-state index in [1.807, 2.05) is 61.5 Å². The average molecular weight is 429 g/mol. The summed E-state index contributed by atoms with van der Waals surface area (Å²) in [4.78, 5) is 18.2. The summed E-state index contributed by atoms with van der Waals surface area (Å²) >= 11 is 6.04. The van der Waals surface area contributed by atoms with Gasteiger partial charge in [0.15, 0.2) is 5.65 Å². The topological polar surface area (TPSA) is 61.9 Å². The molecule has 0 atom stereocenters. The Kier molecular flexibility index (Phi) is 4.76. The molecule has 152 valence electrons. The monoisotopic (exact) mass is 428 g/mol. The maximum atomic E-state index is 13.5. The first kappa shape index (κ1) is 19.1. The van der Waals surface area contributed by atoms with Gasteiger partial charge in [-0.25, -0.2) is 9.25 Å². The van der Waals surface area contributed by atoms with E-state index in [2.05, 4.69) is 5.10 Å². The van der Waals surface area contributed by atoms with Crippen LogP contribution in [0.15, 0.2) is 89.9 Å². The molecule has 3 aromatic carbocycles. The van der Waals surface area contributed by atoms with Crippen LogP contribution < -0.4 is 10.3 Å². The van der Waals surface area contributed by atoms with Gasteiger partial charge in [-0.15, -0.1) is 0 Å². The summed E-state index contributed by atoms with van der Waals surface area (Å²) in [7, 11) is 0. The summed E-state index contributed by atoms with van der Waals surface area (Å²) in [6.07, 6.45) is 1.53. The van der Waals surface area contributed by atoms with Crippen LogP contribution >= 0.6 is 11.6 Å². The third-order valence-corrected chi connectivity index (χ3v) is 5.11. The van der Waals surface area contributed by atoms with E-state index in [4.69, 9.17) is 21.3 Å². The molecular weight excluding hydrogens is 412 g/mol. The van der Waals surface area contributed by atoms with Crippen molar-refractivity contribution in [2.75, 3.05) is 0 Å². The number of hydrogen-bond donors (Lipinski definition) is 0. The van der Waals surface area contributed by atoms with Gasteiger partial charge in [0.1, 0.15) is 11.1 Å². The summed E-state index contributed by atoms with van der Waals surface area (Å²) in [5, 5.41) is 5.36. The van der Waals surface area contributed by atoms with Crippen molar-refractivity contribution < 1.29 is 4.74 Å². The fourth-order valence-corrected chi connectivity index (χ4v) is 3.50. The molecule has 0 fully saturated rings. The number of halogens is 1. The number of fused-ring (bicyclic) bond motifs is 1. The molecule has 0 aliphatic heterocycles. The minimum atomic E-state index is -0.280. The molecule has 0 aliphatic carbocycles. The SMILES string of the molecule is Cc1cccc(Oc2nc3c(cnn3-c3ccccc3)c(=O)n2-c2ccc(Cl)cc2)c1. The molecule has 0 N–H and O–H groups in total. The summed E-state index contributed by atoms with van der Waals surface area (Å²) < 4.78 is 9.16. The van der Waals surface area contributed by atoms with E-state index in [1.165, 1.54) is 10.8 Å². The summed E-state index contributed by atoms with van der Waals surface area (Å²) in [6.45, 7) is 1.97. The number of hydrogen-bond acceptors (Lipinski definition) is 4. The molecule has 0 radical (unpaired) electrons. The lowest BCUT2D eigenvalue weighted by Gasteiger charge is -2.14. The first-order valence-electron chi connectivity index (χ1n) is 9.67. The Balaban J connectivity index is 1.76. The van der Waals surface area contributed by atoms with E-state index < -0.39 is 0 Å². The summed E-state index contributed by atoms with van der Waals surface area (Å²) in [5.74, 6) is 0.583. The van der Waals surface area contributed by atoms with Gasteiger partial charge < -0.3 is 4.74 Å². The van der Waals surface area contributed by atoms with Crippen molar-refractivity contribution in [2.45, 2.75) is 6.92 Å². The molecule has 0 saturated heterocycles. The highest BCUT2D eigenvalue weighted by molar-refractivity contribution is 6.30. The molecular formula is C24H17ClN4O2. The van der Waals surface area contributed by atoms with Gasteiger partial charge in [0.2, 0.25) is 0 Å². The highest BCUT2D eigenvalue weighted by atomic mass is 35.5. The number of para-hydroxylation sites is 1. The Bertz CT molecular complexity index is 1440. The Morgan fingerprint density at radius 1 is 0.903 bits per heavy atom. The van der Waals surface area contributed by atoms with E-state index in [1.54, 1.807) is 28.9 Å². The number of aryl methyl sites for hydroxylation is 1. The summed E-state index contributed by atoms with van der Waals surface area (Å²) in [6, 6.07) is 24.2. The van der Waals surface area contributed by atoms with Crippen molar-refractivity contribution >= 4 is 22.6 Å². The molecule has 0 aliphatic rings. The van der Waals surface area contributed by atoms with E-state index >= 15 is 0 Å². The van der Waals surface area contributed by atoms with Crippen molar-refractivity contribution in [1.82, 2.24) is 19.3 Å². The second-order valence-electron chi connectivity index (χ2n) is 7.06. The molecule has 0 amide bonds. The van der Waals surface area contributed by atoms with Crippen LogP contribution in [0.2, 0.25) is 5.02 Å². The minimum absolute atomic E-state index is 0.142. The maximum Gasteiger partial charge on any atom is 0.311 e. The Hall–Kier alpha value is -3.90. The van der Waals surface area contributed by atoms with E-state index in [0.29, 0.717) is 27.5 Å². The number of nitrogens with zero attached hydrogens (tertiary/aromatic N) is 4. The van der Waals surface area contributed by atoms with Gasteiger partial charge in [-0.05, 0) is 61.0 Å². The number of benzene rings is 3. The van der Waals surface area contributed by atoms with E-state index in [0.717, 1.165) is 11.3 Å². The minimum Gasteiger partial charge on any atom is -0.425 e. The van der Waals surface area contributed by atoms with Crippen LogP contribution in [0, 0.1) is 6.92 Å². The molecule has 0 bridgehead atoms. The number of aromatic nitrogens is 4. The molecule has 2 aromatic heterocycles. The van der Waals surface area contributed by atoms with Crippen molar-refractivity contribution in [3.63, 3.8) is 0 Å². The van der Waals surface area contributed by atoms with Crippen LogP contribution in [-0.4, -0.2) is 19.3 Å². The molecule has 0 unspecified atom stereocenters. The molecule has 7 heteroatoms. The zero-order chi connectivity index (χ0) is 21.4. The lowest BCUT2D eigenvalue weighted by Crippen LogP contribution is -2.21. The van der Waals surface area contributed by atoms with Crippen LogP contribution in [-0.2, 0) is 0 Å². The lowest BCUT2D eigenvalue weighted by molar-refractivity contribution is 0.426. The molecule has 31 heavy (non-hydrogen) atoms. The van der Waals surface area contributed by atoms with Crippen LogP contribution in [0.1, 0.15) is 5.56 Å². The second kappa shape index (κ2) is 7.74. The molecule has 5 aromatic rings. The fraction of sp³-hybridized carbons (Fsp3) is 0.0417. The first-order chi connectivity index (χ1) is 15.1. The van der Waals surface area contributed by atoms with Gasteiger partial charge in [-0.2, -0.15) is 10.1 Å². The Morgan fingerprint density at radius 3 is 2.42 bits per heavy atom. The van der Waals surface area contributed by atoms with Crippen LogP contribution in [0.5, 0.6) is 11.8 Å². The predicted molar refractivity (Wildman–Crippen MR) is 121 cm³/mol. The summed E-state index contributed by atoms with van der Waals surface area (Å²) in [5.41, 5.74) is 2.57. The molecule has 6 nitrogen and oxygen atoms in total. The second-order valence-corrected chi connectivity index (χ2v) is 7.50. The molecule has 2 heterocycles. The number of ether oxygens (including phenoxy) is 1. The van der Waals surface area contributed by atoms with E-state index in [-0.39, 0.29) is 11.6 Å². The molecule has 0 saturated carbocycles. The zero-order valence-electron chi connectivity index (χ0n) is 16.6. The van der Waals surface area contributed by atoms with Gasteiger partial charge in [-0.3, -0.25) is 4.79 Å².